The molecule has 0 bridgehead atoms. The van der Waals surface area contributed by atoms with E-state index < -0.39 is 29.5 Å². The third kappa shape index (κ3) is 3.52. The molecule has 0 saturated carbocycles. The van der Waals surface area contributed by atoms with Crippen molar-refractivity contribution in [1.29, 1.82) is 0 Å². The summed E-state index contributed by atoms with van der Waals surface area (Å²) in [6.07, 6.45) is -6.43. The molecule has 3 aromatic heterocycles. The normalized spacial score (nSPS) is 13.2. The molecule has 6 nitrogen and oxygen atoms in total. The van der Waals surface area contributed by atoms with Gasteiger partial charge in [-0.1, -0.05) is 0 Å². The van der Waals surface area contributed by atoms with Crippen LogP contribution in [0.25, 0.3) is 22.0 Å². The summed E-state index contributed by atoms with van der Waals surface area (Å²) >= 11 is 0. The Labute approximate surface area is 180 Å². The quantitative estimate of drug-likeness (QED) is 0.354. The molecule has 0 radical (unpaired) electrons. The number of carbonyl (C=O) groups excluding carboxylic acids is 1. The molecule has 0 saturated heterocycles. The first-order chi connectivity index (χ1) is 15.5. The summed E-state index contributed by atoms with van der Waals surface area (Å²) in [4.78, 5) is 27.4. The van der Waals surface area contributed by atoms with Crippen molar-refractivity contribution < 1.29 is 31.1 Å². The van der Waals surface area contributed by atoms with Gasteiger partial charge in [0.1, 0.15) is 11.5 Å². The van der Waals surface area contributed by atoms with Crippen molar-refractivity contribution in [2.75, 3.05) is 5.32 Å². The number of hydrogen-bond donors (Lipinski definition) is 1. The van der Waals surface area contributed by atoms with E-state index in [0.29, 0.717) is 28.4 Å². The Kier molecular flexibility index (Phi) is 4.38. The smallest absolute Gasteiger partial charge is 0.340 e. The van der Waals surface area contributed by atoms with E-state index in [1.807, 2.05) is 0 Å². The van der Waals surface area contributed by atoms with Gasteiger partial charge in [-0.3, -0.25) is 9.78 Å². The Morgan fingerprint density at radius 3 is 2.21 bits per heavy atom. The van der Waals surface area contributed by atoms with Crippen molar-refractivity contribution in [3.05, 3.63) is 71.6 Å². The molecular weight excluding hydrogens is 452 g/mol. The van der Waals surface area contributed by atoms with E-state index in [0.717, 1.165) is 18.3 Å². The predicted octanol–water partition coefficient (Wildman–Crippen LogP) is 5.41. The van der Waals surface area contributed by atoms with Crippen LogP contribution in [-0.4, -0.2) is 25.7 Å². The summed E-state index contributed by atoms with van der Waals surface area (Å²) in [5, 5.41) is 3.29. The van der Waals surface area contributed by atoms with Crippen molar-refractivity contribution in [1.82, 2.24) is 19.9 Å². The first-order valence-corrected chi connectivity index (χ1v) is 9.25. The number of nitrogens with zero attached hydrogens (tertiary/aromatic N) is 4. The van der Waals surface area contributed by atoms with Crippen LogP contribution < -0.4 is 5.32 Å². The van der Waals surface area contributed by atoms with E-state index in [4.69, 9.17) is 0 Å². The molecule has 33 heavy (non-hydrogen) atoms. The highest BCUT2D eigenvalue weighted by atomic mass is 19.4. The Morgan fingerprint density at radius 1 is 0.788 bits per heavy atom. The van der Waals surface area contributed by atoms with Gasteiger partial charge in [0, 0.05) is 40.8 Å². The van der Waals surface area contributed by atoms with Crippen LogP contribution in [0.15, 0.2) is 48.9 Å². The van der Waals surface area contributed by atoms with Gasteiger partial charge in [0.05, 0.1) is 16.6 Å². The summed E-state index contributed by atoms with van der Waals surface area (Å²) in [7, 11) is 0. The standard InChI is InChI=1S/C21H9F6N5O/c22-20(23,24)9-1-4-15(29-6-9)31-10-2-3-14-11(5-10)16-12-7-30-19(21(25,26)27)32-17(12)18(33)13(16)8-28-14/h1-8H,(H,29,31). The Hall–Kier alpha value is -4.09. The van der Waals surface area contributed by atoms with Crippen LogP contribution in [0.3, 0.4) is 0 Å². The minimum atomic E-state index is -4.81. The van der Waals surface area contributed by atoms with Crippen molar-refractivity contribution in [2.45, 2.75) is 12.4 Å². The number of anilines is 2. The van der Waals surface area contributed by atoms with Gasteiger partial charge in [0.25, 0.3) is 0 Å². The lowest BCUT2D eigenvalue weighted by atomic mass is 10.0. The van der Waals surface area contributed by atoms with Crippen LogP contribution in [0.4, 0.5) is 37.8 Å². The molecule has 1 aromatic carbocycles. The fraction of sp³-hybridized carbons (Fsp3) is 0.0952. The Balaban J connectivity index is 1.57. The van der Waals surface area contributed by atoms with Crippen LogP contribution in [0.1, 0.15) is 27.4 Å². The maximum absolute atomic E-state index is 13.0. The number of rotatable bonds is 2. The van der Waals surface area contributed by atoms with E-state index in [1.54, 1.807) is 18.2 Å². The van der Waals surface area contributed by atoms with Gasteiger partial charge in [0.2, 0.25) is 11.6 Å². The zero-order chi connectivity index (χ0) is 23.5. The second-order valence-electron chi connectivity index (χ2n) is 7.12. The van der Waals surface area contributed by atoms with Crippen LogP contribution in [0, 0.1) is 0 Å². The number of pyridine rings is 2. The van der Waals surface area contributed by atoms with Crippen LogP contribution in [0.5, 0.6) is 0 Å². The number of carbonyl (C=O) groups is 1. The number of nitrogens with one attached hydrogen (secondary N) is 1. The number of benzene rings is 1. The molecule has 0 fully saturated rings. The van der Waals surface area contributed by atoms with Crippen molar-refractivity contribution in [3.63, 3.8) is 0 Å². The average molecular weight is 461 g/mol. The molecule has 1 aliphatic carbocycles. The molecule has 1 aliphatic rings. The Bertz CT molecular complexity index is 1430. The minimum Gasteiger partial charge on any atom is -0.340 e. The summed E-state index contributed by atoms with van der Waals surface area (Å²) < 4.78 is 77.1. The maximum Gasteiger partial charge on any atom is 0.451 e. The fourth-order valence-corrected chi connectivity index (χ4v) is 3.52. The summed E-state index contributed by atoms with van der Waals surface area (Å²) in [6, 6.07) is 6.80. The number of aromatic nitrogens is 4. The molecule has 12 heteroatoms. The molecule has 0 amide bonds. The second kappa shape index (κ2) is 6.95. The van der Waals surface area contributed by atoms with Crippen LogP contribution >= 0.6 is 0 Å². The van der Waals surface area contributed by atoms with E-state index in [2.05, 4.69) is 25.3 Å². The molecule has 1 N–H and O–H groups in total. The van der Waals surface area contributed by atoms with Gasteiger partial charge in [0.15, 0.2) is 0 Å². The van der Waals surface area contributed by atoms with Crippen molar-refractivity contribution in [2.24, 2.45) is 0 Å². The summed E-state index contributed by atoms with van der Waals surface area (Å²) in [6.45, 7) is 0. The zero-order valence-corrected chi connectivity index (χ0v) is 16.1. The van der Waals surface area contributed by atoms with E-state index >= 15 is 0 Å². The number of ketones is 1. The molecule has 5 rings (SSSR count). The third-order valence-electron chi connectivity index (χ3n) is 5.00. The lowest BCUT2D eigenvalue weighted by Crippen LogP contribution is -2.13. The largest absolute Gasteiger partial charge is 0.451 e. The van der Waals surface area contributed by atoms with Gasteiger partial charge in [-0.15, -0.1) is 0 Å². The third-order valence-corrected chi connectivity index (χ3v) is 5.00. The number of alkyl halides is 6. The monoisotopic (exact) mass is 461 g/mol. The SMILES string of the molecule is O=C1c2cnc3ccc(Nc4ccc(C(F)(F)F)cn4)cc3c2-c2cnc(C(F)(F)F)nc21. The highest BCUT2D eigenvalue weighted by Crippen LogP contribution is 2.41. The van der Waals surface area contributed by atoms with Crippen LogP contribution in [-0.2, 0) is 12.4 Å². The van der Waals surface area contributed by atoms with E-state index in [9.17, 15) is 31.1 Å². The lowest BCUT2D eigenvalue weighted by molar-refractivity contribution is -0.145. The molecule has 0 spiro atoms. The minimum absolute atomic E-state index is 0.0796. The number of halogens is 6. The molecule has 166 valence electrons. The molecule has 0 atom stereocenters. The molecule has 0 aliphatic heterocycles. The molecule has 0 unspecified atom stereocenters. The van der Waals surface area contributed by atoms with Gasteiger partial charge in [-0.2, -0.15) is 26.3 Å². The highest BCUT2D eigenvalue weighted by Gasteiger charge is 2.38. The average Bonchev–Trinajstić information content (AvgIpc) is 3.05. The maximum atomic E-state index is 13.0. The fourth-order valence-electron chi connectivity index (χ4n) is 3.52. The molecular formula is C21H9F6N5O. The van der Waals surface area contributed by atoms with Gasteiger partial charge < -0.3 is 5.32 Å². The van der Waals surface area contributed by atoms with E-state index in [-0.39, 0.29) is 22.6 Å². The topological polar surface area (TPSA) is 80.7 Å². The lowest BCUT2D eigenvalue weighted by Gasteiger charge is -2.11. The Morgan fingerprint density at radius 2 is 1.55 bits per heavy atom. The van der Waals surface area contributed by atoms with Gasteiger partial charge >= 0.3 is 12.4 Å². The van der Waals surface area contributed by atoms with Gasteiger partial charge in [-0.05, 0) is 30.3 Å². The first-order valence-electron chi connectivity index (χ1n) is 9.25. The summed E-state index contributed by atoms with van der Waals surface area (Å²) in [5.74, 6) is -1.99. The zero-order valence-electron chi connectivity index (χ0n) is 16.1. The predicted molar refractivity (Wildman–Crippen MR) is 104 cm³/mol. The molecule has 4 aromatic rings. The summed E-state index contributed by atoms with van der Waals surface area (Å²) in [5.41, 5.74) is 0.138. The van der Waals surface area contributed by atoms with Gasteiger partial charge in [-0.25, -0.2) is 15.0 Å². The van der Waals surface area contributed by atoms with Crippen LogP contribution in [0.2, 0.25) is 0 Å². The molecule has 3 heterocycles. The van der Waals surface area contributed by atoms with Crippen molar-refractivity contribution in [3.8, 4) is 11.1 Å². The highest BCUT2D eigenvalue weighted by molar-refractivity contribution is 6.24. The first kappa shape index (κ1) is 20.8. The van der Waals surface area contributed by atoms with E-state index in [1.165, 1.54) is 6.20 Å². The second-order valence-corrected chi connectivity index (χ2v) is 7.12. The number of fused-ring (bicyclic) bond motifs is 5. The number of hydrogen-bond acceptors (Lipinski definition) is 6. The van der Waals surface area contributed by atoms with Crippen molar-refractivity contribution >= 4 is 28.2 Å².